The zero-order valence-electron chi connectivity index (χ0n) is 12.6. The Balaban J connectivity index is 2.05. The summed E-state index contributed by atoms with van der Waals surface area (Å²) in [5, 5.41) is 2.55. The molecule has 1 aliphatic heterocycles. The fourth-order valence-corrected chi connectivity index (χ4v) is 3.42. The molecular weight excluding hydrogens is 324 g/mol. The van der Waals surface area contributed by atoms with Crippen molar-refractivity contribution in [3.05, 3.63) is 28.8 Å². The second-order valence-electron chi connectivity index (χ2n) is 5.20. The van der Waals surface area contributed by atoms with Crippen molar-refractivity contribution in [3.63, 3.8) is 0 Å². The number of imide groups is 1. The third-order valence-electron chi connectivity index (χ3n) is 3.39. The van der Waals surface area contributed by atoms with Crippen molar-refractivity contribution in [2.75, 3.05) is 11.9 Å². The summed E-state index contributed by atoms with van der Waals surface area (Å²) in [5.74, 6) is -1.08. The molecule has 0 saturated carbocycles. The van der Waals surface area contributed by atoms with Crippen molar-refractivity contribution in [2.24, 2.45) is 0 Å². The van der Waals surface area contributed by atoms with Gasteiger partial charge in [-0.3, -0.25) is 19.3 Å². The van der Waals surface area contributed by atoms with Crippen LogP contribution >= 0.6 is 23.4 Å². The standard InChI is InChI=1S/C15H17ClN2O3S/c1-8-4-5-11(6-12(8)16)17-13(19)7-18-14(20)9(2)22-10(3)15(18)21/h4-6,9-10H,7H2,1-3H3,(H,17,19). The van der Waals surface area contributed by atoms with E-state index in [0.717, 1.165) is 10.5 Å². The molecule has 0 bridgehead atoms. The van der Waals surface area contributed by atoms with E-state index in [1.165, 1.54) is 11.8 Å². The molecule has 118 valence electrons. The molecule has 0 radical (unpaired) electrons. The van der Waals surface area contributed by atoms with Gasteiger partial charge in [-0.1, -0.05) is 17.7 Å². The van der Waals surface area contributed by atoms with Crippen molar-refractivity contribution in [1.82, 2.24) is 4.90 Å². The molecule has 2 rings (SSSR count). The molecule has 2 unspecified atom stereocenters. The molecule has 22 heavy (non-hydrogen) atoms. The number of rotatable bonds is 3. The summed E-state index contributed by atoms with van der Waals surface area (Å²) < 4.78 is 0. The van der Waals surface area contributed by atoms with Crippen LogP contribution in [-0.4, -0.2) is 39.7 Å². The molecule has 1 N–H and O–H groups in total. The number of carbonyl (C=O) groups excluding carboxylic acids is 3. The van der Waals surface area contributed by atoms with Crippen LogP contribution in [0.2, 0.25) is 5.02 Å². The summed E-state index contributed by atoms with van der Waals surface area (Å²) in [5.41, 5.74) is 1.44. The summed E-state index contributed by atoms with van der Waals surface area (Å²) >= 11 is 7.31. The molecule has 0 aromatic heterocycles. The van der Waals surface area contributed by atoms with Crippen LogP contribution in [0, 0.1) is 6.92 Å². The molecule has 3 amide bonds. The van der Waals surface area contributed by atoms with E-state index in [2.05, 4.69) is 5.32 Å². The number of thioether (sulfide) groups is 1. The number of nitrogens with one attached hydrogen (secondary N) is 1. The smallest absolute Gasteiger partial charge is 0.244 e. The Morgan fingerprint density at radius 3 is 2.41 bits per heavy atom. The highest BCUT2D eigenvalue weighted by Gasteiger charge is 2.37. The Labute approximate surface area is 138 Å². The van der Waals surface area contributed by atoms with Crippen molar-refractivity contribution in [1.29, 1.82) is 0 Å². The summed E-state index contributed by atoms with van der Waals surface area (Å²) in [6, 6.07) is 5.14. The average molecular weight is 341 g/mol. The monoisotopic (exact) mass is 340 g/mol. The van der Waals surface area contributed by atoms with Gasteiger partial charge < -0.3 is 5.32 Å². The topological polar surface area (TPSA) is 66.5 Å². The Kier molecular flexibility index (Phi) is 5.13. The number of amides is 3. The molecule has 1 aromatic rings. The first kappa shape index (κ1) is 16.8. The molecule has 7 heteroatoms. The van der Waals surface area contributed by atoms with Gasteiger partial charge in [-0.15, -0.1) is 11.8 Å². The van der Waals surface area contributed by atoms with Crippen LogP contribution in [0.5, 0.6) is 0 Å². The van der Waals surface area contributed by atoms with Crippen molar-refractivity contribution < 1.29 is 14.4 Å². The molecule has 1 fully saturated rings. The molecule has 1 saturated heterocycles. The number of hydrogen-bond donors (Lipinski definition) is 1. The van der Waals surface area contributed by atoms with E-state index in [-0.39, 0.29) is 28.9 Å². The first-order valence-corrected chi connectivity index (χ1v) is 8.18. The van der Waals surface area contributed by atoms with Gasteiger partial charge in [0.15, 0.2) is 0 Å². The zero-order valence-corrected chi connectivity index (χ0v) is 14.1. The predicted molar refractivity (Wildman–Crippen MR) is 88.1 cm³/mol. The van der Waals surface area contributed by atoms with Gasteiger partial charge >= 0.3 is 0 Å². The fourth-order valence-electron chi connectivity index (χ4n) is 2.14. The fraction of sp³-hybridized carbons (Fsp3) is 0.400. The largest absolute Gasteiger partial charge is 0.324 e. The lowest BCUT2D eigenvalue weighted by Gasteiger charge is -2.31. The molecule has 1 heterocycles. The first-order valence-electron chi connectivity index (χ1n) is 6.86. The van der Waals surface area contributed by atoms with E-state index >= 15 is 0 Å². The normalized spacial score (nSPS) is 21.9. The number of aryl methyl sites for hydroxylation is 1. The van der Waals surface area contributed by atoms with Crippen LogP contribution in [0.1, 0.15) is 19.4 Å². The lowest BCUT2D eigenvalue weighted by molar-refractivity contribution is -0.147. The van der Waals surface area contributed by atoms with Crippen LogP contribution < -0.4 is 5.32 Å². The minimum atomic E-state index is -0.423. The molecule has 5 nitrogen and oxygen atoms in total. The van der Waals surface area contributed by atoms with Crippen LogP contribution in [0.3, 0.4) is 0 Å². The van der Waals surface area contributed by atoms with E-state index in [1.54, 1.807) is 32.0 Å². The molecule has 0 aliphatic carbocycles. The van der Waals surface area contributed by atoms with Gasteiger partial charge in [0.1, 0.15) is 6.54 Å². The number of hydrogen-bond acceptors (Lipinski definition) is 4. The van der Waals surface area contributed by atoms with Crippen molar-refractivity contribution in [3.8, 4) is 0 Å². The molecule has 1 aliphatic rings. The maximum absolute atomic E-state index is 12.1. The lowest BCUT2D eigenvalue weighted by Crippen LogP contribution is -2.52. The SMILES string of the molecule is Cc1ccc(NC(=O)CN2C(=O)C(C)SC(C)C2=O)cc1Cl. The van der Waals surface area contributed by atoms with Crippen LogP contribution in [-0.2, 0) is 14.4 Å². The first-order chi connectivity index (χ1) is 10.3. The second kappa shape index (κ2) is 6.71. The Morgan fingerprint density at radius 1 is 1.27 bits per heavy atom. The van der Waals surface area contributed by atoms with Crippen molar-refractivity contribution in [2.45, 2.75) is 31.3 Å². The minimum Gasteiger partial charge on any atom is -0.324 e. The highest BCUT2D eigenvalue weighted by molar-refractivity contribution is 8.02. The van der Waals surface area contributed by atoms with E-state index < -0.39 is 5.91 Å². The lowest BCUT2D eigenvalue weighted by atomic mass is 10.2. The van der Waals surface area contributed by atoms with Crippen LogP contribution in [0.4, 0.5) is 5.69 Å². The highest BCUT2D eigenvalue weighted by Crippen LogP contribution is 2.27. The third kappa shape index (κ3) is 3.62. The maximum Gasteiger partial charge on any atom is 0.244 e. The summed E-state index contributed by atoms with van der Waals surface area (Å²) in [6.45, 7) is 5.05. The van der Waals surface area contributed by atoms with Gasteiger partial charge in [0.2, 0.25) is 17.7 Å². The van der Waals surface area contributed by atoms with E-state index in [0.29, 0.717) is 10.7 Å². The van der Waals surface area contributed by atoms with Gasteiger partial charge in [-0.2, -0.15) is 0 Å². The van der Waals surface area contributed by atoms with Gasteiger partial charge in [0.25, 0.3) is 0 Å². The molecular formula is C15H17ClN2O3S. The van der Waals surface area contributed by atoms with Gasteiger partial charge in [-0.25, -0.2) is 0 Å². The summed E-state index contributed by atoms with van der Waals surface area (Å²) in [7, 11) is 0. The molecule has 0 spiro atoms. The minimum absolute atomic E-state index is 0.279. The number of nitrogens with zero attached hydrogens (tertiary/aromatic N) is 1. The second-order valence-corrected chi connectivity index (χ2v) is 7.29. The van der Waals surface area contributed by atoms with Gasteiger partial charge in [-0.05, 0) is 38.5 Å². The van der Waals surface area contributed by atoms with Gasteiger partial charge in [0, 0.05) is 10.7 Å². The summed E-state index contributed by atoms with van der Waals surface area (Å²) in [6.07, 6.45) is 0. The van der Waals surface area contributed by atoms with Gasteiger partial charge in [0.05, 0.1) is 10.5 Å². The van der Waals surface area contributed by atoms with E-state index in [9.17, 15) is 14.4 Å². The third-order valence-corrected chi connectivity index (χ3v) is 5.02. The zero-order chi connectivity index (χ0) is 16.4. The molecule has 1 aromatic carbocycles. The number of benzene rings is 1. The number of anilines is 1. The number of halogens is 1. The Morgan fingerprint density at radius 2 is 1.86 bits per heavy atom. The quantitative estimate of drug-likeness (QED) is 0.858. The predicted octanol–water partition coefficient (Wildman–Crippen LogP) is 2.47. The average Bonchev–Trinajstić information content (AvgIpc) is 2.45. The summed E-state index contributed by atoms with van der Waals surface area (Å²) in [4.78, 5) is 37.2. The van der Waals surface area contributed by atoms with E-state index in [1.807, 2.05) is 6.92 Å². The maximum atomic E-state index is 12.1. The Bertz CT molecular complexity index is 615. The highest BCUT2D eigenvalue weighted by atomic mass is 35.5. The van der Waals surface area contributed by atoms with E-state index in [4.69, 9.17) is 11.6 Å². The van der Waals surface area contributed by atoms with Crippen LogP contribution in [0.25, 0.3) is 0 Å². The Hall–Kier alpha value is -1.53. The van der Waals surface area contributed by atoms with Crippen molar-refractivity contribution >= 4 is 46.8 Å². The van der Waals surface area contributed by atoms with Crippen LogP contribution in [0.15, 0.2) is 18.2 Å². The molecule has 2 atom stereocenters. The number of carbonyl (C=O) groups is 3.